The van der Waals surface area contributed by atoms with Gasteiger partial charge in [-0.1, -0.05) is 13.8 Å². The predicted octanol–water partition coefficient (Wildman–Crippen LogP) is 1.75. The highest BCUT2D eigenvalue weighted by Gasteiger charge is 2.06. The van der Waals surface area contributed by atoms with Crippen molar-refractivity contribution in [3.05, 3.63) is 0 Å². The molecule has 74 valence electrons. The van der Waals surface area contributed by atoms with Crippen LogP contribution in [-0.4, -0.2) is 37.8 Å². The second-order valence-corrected chi connectivity index (χ2v) is 4.29. The number of methoxy groups -OCH3 is 1. The lowest BCUT2D eigenvalue weighted by molar-refractivity contribution is 0.165. The molecule has 0 aromatic heterocycles. The van der Waals surface area contributed by atoms with Crippen LogP contribution in [0.1, 0.15) is 20.3 Å². The first-order chi connectivity index (χ1) is 5.74. The zero-order chi connectivity index (χ0) is 9.40. The molecule has 0 saturated heterocycles. The molecule has 0 aromatic rings. The topological polar surface area (TPSA) is 21.3 Å². The molecule has 0 saturated carbocycles. The monoisotopic (exact) mass is 191 g/mol. The number of ether oxygens (including phenoxy) is 1. The lowest BCUT2D eigenvalue weighted by Crippen LogP contribution is -2.36. The van der Waals surface area contributed by atoms with Gasteiger partial charge in [0.2, 0.25) is 0 Å². The van der Waals surface area contributed by atoms with Crippen molar-refractivity contribution in [2.24, 2.45) is 0 Å². The van der Waals surface area contributed by atoms with Crippen LogP contribution in [0.15, 0.2) is 0 Å². The zero-order valence-electron chi connectivity index (χ0n) is 8.59. The minimum atomic E-state index is 0.518. The summed E-state index contributed by atoms with van der Waals surface area (Å²) in [5.41, 5.74) is 0. The number of rotatable bonds is 7. The Morgan fingerprint density at radius 3 is 2.58 bits per heavy atom. The third-order valence-corrected chi connectivity index (χ3v) is 2.93. The Kier molecular flexibility index (Phi) is 8.07. The molecule has 2 unspecified atom stereocenters. The second-order valence-electron chi connectivity index (χ2n) is 3.02. The normalized spacial score (nSPS) is 16.0. The molecule has 0 bridgehead atoms. The van der Waals surface area contributed by atoms with Crippen molar-refractivity contribution < 1.29 is 4.74 Å². The highest BCUT2D eigenvalue weighted by Crippen LogP contribution is 2.03. The highest BCUT2D eigenvalue weighted by atomic mass is 32.2. The molecule has 0 heterocycles. The van der Waals surface area contributed by atoms with Gasteiger partial charge < -0.3 is 10.1 Å². The maximum Gasteiger partial charge on any atom is 0.0615 e. The Bertz CT molecular complexity index is 101. The van der Waals surface area contributed by atoms with E-state index < -0.39 is 0 Å². The van der Waals surface area contributed by atoms with Crippen LogP contribution in [0, 0.1) is 0 Å². The Labute approximate surface area is 80.4 Å². The van der Waals surface area contributed by atoms with E-state index in [-0.39, 0.29) is 0 Å². The number of hydrogen-bond donors (Lipinski definition) is 1. The molecule has 0 aliphatic carbocycles. The fraction of sp³-hybridized carbons (Fsp3) is 1.00. The van der Waals surface area contributed by atoms with Crippen LogP contribution in [-0.2, 0) is 4.74 Å². The van der Waals surface area contributed by atoms with Crippen LogP contribution in [0.4, 0.5) is 0 Å². The van der Waals surface area contributed by atoms with Gasteiger partial charge in [0.05, 0.1) is 6.61 Å². The van der Waals surface area contributed by atoms with Crippen molar-refractivity contribution in [3.8, 4) is 0 Å². The molecule has 1 N–H and O–H groups in total. The lowest BCUT2D eigenvalue weighted by atomic mass is 10.2. The van der Waals surface area contributed by atoms with E-state index in [1.165, 1.54) is 0 Å². The molecule has 2 nitrogen and oxygen atoms in total. The van der Waals surface area contributed by atoms with Crippen molar-refractivity contribution in [1.82, 2.24) is 5.32 Å². The number of thioether (sulfide) groups is 1. The second kappa shape index (κ2) is 7.90. The van der Waals surface area contributed by atoms with Crippen LogP contribution < -0.4 is 5.32 Å². The average molecular weight is 191 g/mol. The van der Waals surface area contributed by atoms with Crippen molar-refractivity contribution in [3.63, 3.8) is 0 Å². The minimum absolute atomic E-state index is 0.518. The van der Waals surface area contributed by atoms with Gasteiger partial charge in [0.25, 0.3) is 0 Å². The van der Waals surface area contributed by atoms with E-state index in [1.54, 1.807) is 7.11 Å². The Morgan fingerprint density at radius 2 is 2.17 bits per heavy atom. The van der Waals surface area contributed by atoms with Gasteiger partial charge in [0, 0.05) is 24.9 Å². The molecule has 0 aromatic carbocycles. The molecule has 0 rings (SSSR count). The van der Waals surface area contributed by atoms with Gasteiger partial charge in [-0.3, -0.25) is 0 Å². The Balaban J connectivity index is 3.43. The van der Waals surface area contributed by atoms with Gasteiger partial charge in [-0.15, -0.1) is 0 Å². The summed E-state index contributed by atoms with van der Waals surface area (Å²) < 4.78 is 5.09. The molecular formula is C9H21NOS. The minimum Gasteiger partial charge on any atom is -0.383 e. The van der Waals surface area contributed by atoms with Gasteiger partial charge >= 0.3 is 0 Å². The molecular weight excluding hydrogens is 170 g/mol. The van der Waals surface area contributed by atoms with E-state index in [4.69, 9.17) is 4.74 Å². The van der Waals surface area contributed by atoms with Crippen molar-refractivity contribution >= 4 is 11.8 Å². The van der Waals surface area contributed by atoms with Gasteiger partial charge in [-0.05, 0) is 12.7 Å². The highest BCUT2D eigenvalue weighted by molar-refractivity contribution is 7.99. The predicted molar refractivity (Wildman–Crippen MR) is 56.9 cm³/mol. The van der Waals surface area contributed by atoms with Gasteiger partial charge in [0.1, 0.15) is 0 Å². The van der Waals surface area contributed by atoms with E-state index in [2.05, 4.69) is 25.4 Å². The maximum atomic E-state index is 5.09. The molecule has 0 fully saturated rings. The van der Waals surface area contributed by atoms with Crippen LogP contribution in [0.25, 0.3) is 0 Å². The first-order valence-corrected chi connectivity index (χ1v) is 5.78. The number of hydrogen-bond acceptors (Lipinski definition) is 3. The standard InChI is InChI=1S/C9H21NOS/c1-5-9(7-11-3)10-6-8(2)12-4/h8-10H,5-7H2,1-4H3. The first kappa shape index (κ1) is 12.3. The number of nitrogens with one attached hydrogen (secondary N) is 1. The van der Waals surface area contributed by atoms with Crippen molar-refractivity contribution in [2.75, 3.05) is 26.5 Å². The smallest absolute Gasteiger partial charge is 0.0615 e. The largest absolute Gasteiger partial charge is 0.383 e. The summed E-state index contributed by atoms with van der Waals surface area (Å²) in [7, 11) is 1.75. The third-order valence-electron chi connectivity index (χ3n) is 1.96. The van der Waals surface area contributed by atoms with Gasteiger partial charge in [0.15, 0.2) is 0 Å². The Morgan fingerprint density at radius 1 is 1.50 bits per heavy atom. The summed E-state index contributed by atoms with van der Waals surface area (Å²) in [5.74, 6) is 0. The molecule has 0 spiro atoms. The molecule has 0 aliphatic rings. The summed E-state index contributed by atoms with van der Waals surface area (Å²) in [6, 6.07) is 0.518. The summed E-state index contributed by atoms with van der Waals surface area (Å²) in [4.78, 5) is 0. The molecule has 3 heteroatoms. The Hall–Kier alpha value is 0.270. The zero-order valence-corrected chi connectivity index (χ0v) is 9.41. The van der Waals surface area contributed by atoms with E-state index in [9.17, 15) is 0 Å². The van der Waals surface area contributed by atoms with Crippen LogP contribution >= 0.6 is 11.8 Å². The van der Waals surface area contributed by atoms with Crippen LogP contribution in [0.2, 0.25) is 0 Å². The molecule has 12 heavy (non-hydrogen) atoms. The van der Waals surface area contributed by atoms with Gasteiger partial charge in [-0.2, -0.15) is 11.8 Å². The molecule has 0 radical (unpaired) electrons. The SMILES string of the molecule is CCC(COC)NCC(C)SC. The van der Waals surface area contributed by atoms with Crippen LogP contribution in [0.3, 0.4) is 0 Å². The summed E-state index contributed by atoms with van der Waals surface area (Å²) in [6.07, 6.45) is 3.28. The van der Waals surface area contributed by atoms with Gasteiger partial charge in [-0.25, -0.2) is 0 Å². The average Bonchev–Trinajstić information content (AvgIpc) is 2.11. The van der Waals surface area contributed by atoms with Crippen LogP contribution in [0.5, 0.6) is 0 Å². The van der Waals surface area contributed by atoms with E-state index in [0.717, 1.165) is 19.6 Å². The van der Waals surface area contributed by atoms with Crippen molar-refractivity contribution in [2.45, 2.75) is 31.6 Å². The maximum absolute atomic E-state index is 5.09. The van der Waals surface area contributed by atoms with E-state index >= 15 is 0 Å². The fourth-order valence-corrected chi connectivity index (χ4v) is 1.20. The molecule has 0 aliphatic heterocycles. The van der Waals surface area contributed by atoms with E-state index in [0.29, 0.717) is 11.3 Å². The fourth-order valence-electron chi connectivity index (χ4n) is 0.938. The molecule has 0 amide bonds. The third kappa shape index (κ3) is 5.86. The summed E-state index contributed by atoms with van der Waals surface area (Å²) >= 11 is 1.89. The quantitative estimate of drug-likeness (QED) is 0.662. The lowest BCUT2D eigenvalue weighted by Gasteiger charge is -2.18. The summed E-state index contributed by atoms with van der Waals surface area (Å²) in [6.45, 7) is 6.30. The molecule has 2 atom stereocenters. The summed E-state index contributed by atoms with van der Waals surface area (Å²) in [5, 5.41) is 4.17. The first-order valence-electron chi connectivity index (χ1n) is 4.49. The van der Waals surface area contributed by atoms with Crippen molar-refractivity contribution in [1.29, 1.82) is 0 Å². The van der Waals surface area contributed by atoms with E-state index in [1.807, 2.05) is 11.8 Å².